The number of hydrogen-bond acceptors (Lipinski definition) is 1. The normalized spacial score (nSPS) is 9.38. The fourth-order valence-corrected chi connectivity index (χ4v) is 0.927. The van der Waals surface area contributed by atoms with E-state index in [1.54, 1.807) is 19.1 Å². The molecule has 0 saturated carbocycles. The molecule has 1 rings (SSSR count). The maximum absolute atomic E-state index is 13.0. The summed E-state index contributed by atoms with van der Waals surface area (Å²) in [6, 6.07) is 4.53. The molecule has 1 aromatic carbocycles. The molecule has 0 aromatic heterocycles. The molecule has 0 atom stereocenters. The molecule has 68 valence electrons. The summed E-state index contributed by atoms with van der Waals surface area (Å²) in [6.07, 6.45) is 1.14. The first-order chi connectivity index (χ1) is 6.15. The first-order valence-corrected chi connectivity index (χ1v) is 3.83. The van der Waals surface area contributed by atoms with Crippen LogP contribution in [0, 0.1) is 12.7 Å². The Bertz CT molecular complexity index is 347. The van der Waals surface area contributed by atoms with Crippen molar-refractivity contribution in [3.8, 4) is 0 Å². The van der Waals surface area contributed by atoms with Crippen molar-refractivity contribution in [2.75, 3.05) is 5.32 Å². The van der Waals surface area contributed by atoms with Crippen LogP contribution >= 0.6 is 0 Å². The molecule has 2 nitrogen and oxygen atoms in total. The summed E-state index contributed by atoms with van der Waals surface area (Å²) in [7, 11) is 0. The summed E-state index contributed by atoms with van der Waals surface area (Å²) >= 11 is 0. The number of carbonyl (C=O) groups excluding carboxylic acids is 1. The van der Waals surface area contributed by atoms with E-state index < -0.39 is 0 Å². The lowest BCUT2D eigenvalue weighted by molar-refractivity contribution is -0.111. The number of amides is 1. The second-order valence-electron chi connectivity index (χ2n) is 2.61. The zero-order valence-electron chi connectivity index (χ0n) is 7.30. The molecule has 1 aromatic rings. The Hall–Kier alpha value is -1.64. The summed E-state index contributed by atoms with van der Waals surface area (Å²) in [5.41, 5.74) is 0.905. The molecule has 3 heteroatoms. The third-order valence-electron chi connectivity index (χ3n) is 1.71. The van der Waals surface area contributed by atoms with E-state index in [-0.39, 0.29) is 11.7 Å². The fourth-order valence-electron chi connectivity index (χ4n) is 0.927. The molecule has 0 fully saturated rings. The second kappa shape index (κ2) is 3.85. The van der Waals surface area contributed by atoms with E-state index in [1.165, 1.54) is 6.07 Å². The van der Waals surface area contributed by atoms with Gasteiger partial charge in [0.2, 0.25) is 5.91 Å². The van der Waals surface area contributed by atoms with Crippen molar-refractivity contribution in [1.29, 1.82) is 0 Å². The highest BCUT2D eigenvalue weighted by Gasteiger charge is 2.04. The maximum Gasteiger partial charge on any atom is 0.247 e. The largest absolute Gasteiger partial charge is 0.322 e. The monoisotopic (exact) mass is 179 g/mol. The van der Waals surface area contributed by atoms with Crippen molar-refractivity contribution >= 4 is 11.6 Å². The van der Waals surface area contributed by atoms with Crippen molar-refractivity contribution in [2.24, 2.45) is 0 Å². The summed E-state index contributed by atoms with van der Waals surface area (Å²) in [5, 5.41) is 2.50. The average molecular weight is 179 g/mol. The predicted octanol–water partition coefficient (Wildman–Crippen LogP) is 2.26. The van der Waals surface area contributed by atoms with Crippen LogP contribution < -0.4 is 5.32 Å². The van der Waals surface area contributed by atoms with Gasteiger partial charge in [-0.25, -0.2) is 4.39 Å². The molecule has 0 aliphatic rings. The molecule has 0 radical (unpaired) electrons. The van der Waals surface area contributed by atoms with Crippen LogP contribution in [0.5, 0.6) is 0 Å². The van der Waals surface area contributed by atoms with Crippen LogP contribution in [-0.4, -0.2) is 5.91 Å². The lowest BCUT2D eigenvalue weighted by Gasteiger charge is -2.05. The first kappa shape index (κ1) is 9.45. The molecular weight excluding hydrogens is 169 g/mol. The summed E-state index contributed by atoms with van der Waals surface area (Å²) < 4.78 is 13.0. The lowest BCUT2D eigenvalue weighted by atomic mass is 10.2. The number of nitrogens with one attached hydrogen (secondary N) is 1. The Kier molecular flexibility index (Phi) is 2.80. The molecule has 0 saturated heterocycles. The summed E-state index contributed by atoms with van der Waals surface area (Å²) in [5.74, 6) is -0.671. The number of hydrogen-bond donors (Lipinski definition) is 1. The number of rotatable bonds is 2. The van der Waals surface area contributed by atoms with Crippen molar-refractivity contribution in [3.05, 3.63) is 42.2 Å². The van der Waals surface area contributed by atoms with Crippen LogP contribution in [0.15, 0.2) is 30.9 Å². The van der Waals surface area contributed by atoms with Gasteiger partial charge in [0.1, 0.15) is 5.82 Å². The van der Waals surface area contributed by atoms with E-state index in [4.69, 9.17) is 0 Å². The van der Waals surface area contributed by atoms with E-state index in [1.807, 2.05) is 0 Å². The van der Waals surface area contributed by atoms with Crippen molar-refractivity contribution < 1.29 is 9.18 Å². The van der Waals surface area contributed by atoms with E-state index >= 15 is 0 Å². The average Bonchev–Trinajstić information content (AvgIpc) is 2.13. The molecule has 0 aliphatic heterocycles. The molecule has 0 heterocycles. The molecular formula is C10H10FNO. The third-order valence-corrected chi connectivity index (χ3v) is 1.71. The smallest absolute Gasteiger partial charge is 0.247 e. The van der Waals surface area contributed by atoms with Gasteiger partial charge in [0, 0.05) is 11.3 Å². The maximum atomic E-state index is 13.0. The van der Waals surface area contributed by atoms with Crippen LogP contribution in [0.3, 0.4) is 0 Å². The first-order valence-electron chi connectivity index (χ1n) is 3.83. The quantitative estimate of drug-likeness (QED) is 0.693. The minimum absolute atomic E-state index is 0.332. The Morgan fingerprint density at radius 3 is 2.92 bits per heavy atom. The SMILES string of the molecule is C=CC(=O)Nc1cccc(F)c1C. The topological polar surface area (TPSA) is 29.1 Å². The van der Waals surface area contributed by atoms with Gasteiger partial charge in [-0.2, -0.15) is 0 Å². The van der Waals surface area contributed by atoms with Crippen LogP contribution in [0.1, 0.15) is 5.56 Å². The van der Waals surface area contributed by atoms with Gasteiger partial charge in [-0.15, -0.1) is 0 Å². The van der Waals surface area contributed by atoms with E-state index in [2.05, 4.69) is 11.9 Å². The van der Waals surface area contributed by atoms with Gasteiger partial charge in [-0.05, 0) is 25.1 Å². The van der Waals surface area contributed by atoms with E-state index in [0.29, 0.717) is 11.3 Å². The molecule has 13 heavy (non-hydrogen) atoms. The number of carbonyl (C=O) groups is 1. The zero-order chi connectivity index (χ0) is 9.84. The fraction of sp³-hybridized carbons (Fsp3) is 0.100. The highest BCUT2D eigenvalue weighted by Crippen LogP contribution is 2.16. The molecule has 1 N–H and O–H groups in total. The van der Waals surface area contributed by atoms with Crippen LogP contribution in [0.25, 0.3) is 0 Å². The minimum atomic E-state index is -0.339. The van der Waals surface area contributed by atoms with Crippen molar-refractivity contribution in [1.82, 2.24) is 0 Å². The van der Waals surface area contributed by atoms with Crippen molar-refractivity contribution in [2.45, 2.75) is 6.92 Å². The predicted molar refractivity (Wildman–Crippen MR) is 50.0 cm³/mol. The van der Waals surface area contributed by atoms with Gasteiger partial charge >= 0.3 is 0 Å². The van der Waals surface area contributed by atoms with Gasteiger partial charge in [-0.1, -0.05) is 12.6 Å². The summed E-state index contributed by atoms with van der Waals surface area (Å²) in [4.78, 5) is 10.9. The Balaban J connectivity index is 2.95. The third kappa shape index (κ3) is 2.15. The van der Waals surface area contributed by atoms with Gasteiger partial charge < -0.3 is 5.32 Å². The van der Waals surface area contributed by atoms with Gasteiger partial charge in [0.05, 0.1) is 0 Å². The van der Waals surface area contributed by atoms with Crippen LogP contribution in [0.2, 0.25) is 0 Å². The van der Waals surface area contributed by atoms with Gasteiger partial charge in [0.25, 0.3) is 0 Å². The second-order valence-corrected chi connectivity index (χ2v) is 2.61. The Labute approximate surface area is 76.1 Å². The zero-order valence-corrected chi connectivity index (χ0v) is 7.30. The molecule has 1 amide bonds. The molecule has 0 unspecified atom stereocenters. The molecule has 0 bridgehead atoms. The van der Waals surface area contributed by atoms with Crippen molar-refractivity contribution in [3.63, 3.8) is 0 Å². The number of anilines is 1. The standard InChI is InChI=1S/C10H10FNO/c1-3-10(13)12-9-6-4-5-8(11)7(9)2/h3-6H,1H2,2H3,(H,12,13). The lowest BCUT2D eigenvalue weighted by Crippen LogP contribution is -2.08. The molecule has 0 spiro atoms. The van der Waals surface area contributed by atoms with Gasteiger partial charge in [-0.3, -0.25) is 4.79 Å². The van der Waals surface area contributed by atoms with Gasteiger partial charge in [0.15, 0.2) is 0 Å². The Morgan fingerprint density at radius 2 is 2.31 bits per heavy atom. The minimum Gasteiger partial charge on any atom is -0.322 e. The number of halogens is 1. The van der Waals surface area contributed by atoms with Crippen LogP contribution in [0.4, 0.5) is 10.1 Å². The number of benzene rings is 1. The Morgan fingerprint density at radius 1 is 1.62 bits per heavy atom. The van der Waals surface area contributed by atoms with Crippen LogP contribution in [-0.2, 0) is 4.79 Å². The summed E-state index contributed by atoms with van der Waals surface area (Å²) in [6.45, 7) is 4.91. The van der Waals surface area contributed by atoms with E-state index in [9.17, 15) is 9.18 Å². The highest BCUT2D eigenvalue weighted by molar-refractivity contribution is 5.99. The highest BCUT2D eigenvalue weighted by atomic mass is 19.1. The van der Waals surface area contributed by atoms with E-state index in [0.717, 1.165) is 6.08 Å². The molecule has 0 aliphatic carbocycles.